The summed E-state index contributed by atoms with van der Waals surface area (Å²) in [6.07, 6.45) is 3.70. The number of halogens is 2. The van der Waals surface area contributed by atoms with E-state index in [9.17, 15) is 4.39 Å². The highest BCUT2D eigenvalue weighted by atomic mass is 35.5. The van der Waals surface area contributed by atoms with E-state index in [1.807, 2.05) is 19.2 Å². The highest BCUT2D eigenvalue weighted by Crippen LogP contribution is 2.59. The molecule has 0 amide bonds. The lowest BCUT2D eigenvalue weighted by atomic mass is 9.61. The molecular weight excluding hydrogens is 225 g/mol. The molecule has 16 heavy (non-hydrogen) atoms. The number of fused-ring (bicyclic) bond motifs is 1. The number of hydrogen-bond acceptors (Lipinski definition) is 1. The summed E-state index contributed by atoms with van der Waals surface area (Å²) in [5, 5.41) is 3.65. The predicted molar refractivity (Wildman–Crippen MR) is 63.3 cm³/mol. The van der Waals surface area contributed by atoms with E-state index >= 15 is 0 Å². The van der Waals surface area contributed by atoms with Gasteiger partial charge in [-0.2, -0.15) is 0 Å². The highest BCUT2D eigenvalue weighted by molar-refractivity contribution is 6.30. The van der Waals surface area contributed by atoms with Gasteiger partial charge in [0.2, 0.25) is 0 Å². The fraction of sp³-hybridized carbons (Fsp3) is 0.538. The Morgan fingerprint density at radius 3 is 2.94 bits per heavy atom. The molecule has 3 saturated carbocycles. The minimum absolute atomic E-state index is 0.219. The van der Waals surface area contributed by atoms with Crippen molar-refractivity contribution in [2.75, 3.05) is 7.05 Å². The monoisotopic (exact) mass is 239 g/mol. The van der Waals surface area contributed by atoms with Gasteiger partial charge in [0, 0.05) is 11.5 Å². The van der Waals surface area contributed by atoms with Gasteiger partial charge in [-0.25, -0.2) is 4.39 Å². The van der Waals surface area contributed by atoms with Crippen LogP contribution in [0.2, 0.25) is 5.02 Å². The van der Waals surface area contributed by atoms with Crippen molar-refractivity contribution in [1.29, 1.82) is 0 Å². The van der Waals surface area contributed by atoms with Crippen LogP contribution in [-0.2, 0) is 5.41 Å². The molecule has 3 unspecified atom stereocenters. The molecular formula is C13H15ClFN. The van der Waals surface area contributed by atoms with E-state index in [-0.39, 0.29) is 16.3 Å². The van der Waals surface area contributed by atoms with Crippen molar-refractivity contribution in [2.45, 2.75) is 30.7 Å². The van der Waals surface area contributed by atoms with Crippen LogP contribution in [0.4, 0.5) is 4.39 Å². The average Bonchev–Trinajstić information content (AvgIpc) is 2.81. The number of likely N-dealkylation sites (N-methyl/N-ethyl adjacent to an activating group) is 1. The summed E-state index contributed by atoms with van der Waals surface area (Å²) in [6, 6.07) is 5.75. The van der Waals surface area contributed by atoms with Gasteiger partial charge in [-0.1, -0.05) is 17.7 Å². The Balaban J connectivity index is 2.00. The first-order chi connectivity index (χ1) is 7.67. The smallest absolute Gasteiger partial charge is 0.141 e. The van der Waals surface area contributed by atoms with Gasteiger partial charge >= 0.3 is 0 Å². The zero-order valence-electron chi connectivity index (χ0n) is 9.26. The summed E-state index contributed by atoms with van der Waals surface area (Å²) in [6.45, 7) is 0. The summed E-state index contributed by atoms with van der Waals surface area (Å²) < 4.78 is 13.2. The summed E-state index contributed by atoms with van der Waals surface area (Å²) >= 11 is 5.87. The van der Waals surface area contributed by atoms with Crippen LogP contribution < -0.4 is 5.32 Å². The van der Waals surface area contributed by atoms with Gasteiger partial charge in [-0.3, -0.25) is 0 Å². The Kier molecular flexibility index (Phi) is 2.27. The van der Waals surface area contributed by atoms with Gasteiger partial charge in [-0.15, -0.1) is 0 Å². The first-order valence-corrected chi connectivity index (χ1v) is 6.18. The molecule has 0 radical (unpaired) electrons. The van der Waals surface area contributed by atoms with E-state index in [1.165, 1.54) is 30.9 Å². The SMILES string of the molecule is CNC1C2CCC1(c1ccc(F)c(Cl)c1)C2. The molecule has 3 aliphatic rings. The minimum atomic E-state index is -0.323. The van der Waals surface area contributed by atoms with E-state index in [4.69, 9.17) is 11.6 Å². The van der Waals surface area contributed by atoms with Gasteiger partial charge < -0.3 is 5.32 Å². The Morgan fingerprint density at radius 1 is 1.50 bits per heavy atom. The lowest BCUT2D eigenvalue weighted by Gasteiger charge is -2.48. The Morgan fingerprint density at radius 2 is 2.31 bits per heavy atom. The van der Waals surface area contributed by atoms with E-state index in [2.05, 4.69) is 5.32 Å². The molecule has 3 fully saturated rings. The van der Waals surface area contributed by atoms with Crippen LogP contribution in [-0.4, -0.2) is 13.1 Å². The molecule has 0 aromatic heterocycles. The Bertz CT molecular complexity index is 430. The van der Waals surface area contributed by atoms with E-state index in [0.717, 1.165) is 5.92 Å². The van der Waals surface area contributed by atoms with Crippen molar-refractivity contribution in [3.8, 4) is 0 Å². The van der Waals surface area contributed by atoms with Crippen molar-refractivity contribution >= 4 is 11.6 Å². The lowest BCUT2D eigenvalue weighted by molar-refractivity contribution is 0.157. The molecule has 2 bridgehead atoms. The number of rotatable bonds is 2. The molecule has 0 heterocycles. The third-order valence-electron chi connectivity index (χ3n) is 4.46. The molecule has 1 nitrogen and oxygen atoms in total. The summed E-state index contributed by atoms with van der Waals surface area (Å²) in [4.78, 5) is 0. The molecule has 0 spiro atoms. The second-order valence-corrected chi connectivity index (χ2v) is 5.46. The zero-order chi connectivity index (χ0) is 11.3. The van der Waals surface area contributed by atoms with E-state index in [0.29, 0.717) is 6.04 Å². The Labute approximate surface area is 100.0 Å². The fourth-order valence-corrected chi connectivity index (χ4v) is 3.91. The maximum absolute atomic E-state index is 13.2. The van der Waals surface area contributed by atoms with Crippen LogP contribution in [0, 0.1) is 11.7 Å². The molecule has 86 valence electrons. The van der Waals surface area contributed by atoms with Crippen molar-refractivity contribution in [2.24, 2.45) is 5.92 Å². The molecule has 1 aromatic carbocycles. The molecule has 1 aromatic rings. The van der Waals surface area contributed by atoms with Gasteiger partial charge in [-0.05, 0) is 49.9 Å². The summed E-state index contributed by atoms with van der Waals surface area (Å²) in [5.41, 5.74) is 1.42. The quantitative estimate of drug-likeness (QED) is 0.836. The largest absolute Gasteiger partial charge is 0.316 e. The molecule has 4 rings (SSSR count). The molecule has 3 heteroatoms. The standard InChI is InChI=1S/C13H15ClFN/c1-16-12-8-4-5-13(12,7-8)9-2-3-11(15)10(14)6-9/h2-3,6,8,12,16H,4-5,7H2,1H3. The summed E-state index contributed by atoms with van der Waals surface area (Å²) in [5.74, 6) is 0.477. The first kappa shape index (κ1) is 10.5. The minimum Gasteiger partial charge on any atom is -0.316 e. The third-order valence-corrected chi connectivity index (χ3v) is 4.75. The predicted octanol–water partition coefficient (Wildman–Crippen LogP) is 3.12. The van der Waals surface area contributed by atoms with Crippen LogP contribution >= 0.6 is 11.6 Å². The van der Waals surface area contributed by atoms with Gasteiger partial charge in [0.1, 0.15) is 5.82 Å². The number of hydrogen-bond donors (Lipinski definition) is 1. The van der Waals surface area contributed by atoms with Crippen LogP contribution in [0.25, 0.3) is 0 Å². The number of benzene rings is 1. The van der Waals surface area contributed by atoms with Crippen molar-refractivity contribution in [1.82, 2.24) is 5.32 Å². The lowest BCUT2D eigenvalue weighted by Crippen LogP contribution is -2.55. The molecule has 3 atom stereocenters. The van der Waals surface area contributed by atoms with Crippen molar-refractivity contribution in [3.05, 3.63) is 34.6 Å². The topological polar surface area (TPSA) is 12.0 Å². The maximum atomic E-state index is 13.2. The highest BCUT2D eigenvalue weighted by Gasteiger charge is 2.59. The zero-order valence-corrected chi connectivity index (χ0v) is 10.0. The van der Waals surface area contributed by atoms with Crippen LogP contribution in [0.5, 0.6) is 0 Å². The van der Waals surface area contributed by atoms with E-state index in [1.54, 1.807) is 0 Å². The Hall–Kier alpha value is -0.600. The average molecular weight is 240 g/mol. The van der Waals surface area contributed by atoms with Crippen molar-refractivity contribution in [3.63, 3.8) is 0 Å². The second kappa shape index (κ2) is 3.44. The van der Waals surface area contributed by atoms with Gasteiger partial charge in [0.15, 0.2) is 0 Å². The molecule has 0 saturated heterocycles. The molecule has 1 N–H and O–H groups in total. The van der Waals surface area contributed by atoms with Crippen molar-refractivity contribution < 1.29 is 4.39 Å². The fourth-order valence-electron chi connectivity index (χ4n) is 3.73. The molecule has 3 aliphatic carbocycles. The van der Waals surface area contributed by atoms with Crippen LogP contribution in [0.3, 0.4) is 0 Å². The second-order valence-electron chi connectivity index (χ2n) is 5.05. The summed E-state index contributed by atoms with van der Waals surface area (Å²) in [7, 11) is 2.02. The van der Waals surface area contributed by atoms with E-state index < -0.39 is 0 Å². The van der Waals surface area contributed by atoms with Crippen LogP contribution in [0.15, 0.2) is 18.2 Å². The normalized spacial score (nSPS) is 36.2. The van der Waals surface area contributed by atoms with Gasteiger partial charge in [0.05, 0.1) is 5.02 Å². The first-order valence-electron chi connectivity index (χ1n) is 5.80. The third kappa shape index (κ3) is 1.20. The van der Waals surface area contributed by atoms with Crippen LogP contribution in [0.1, 0.15) is 24.8 Å². The maximum Gasteiger partial charge on any atom is 0.141 e. The number of nitrogens with one attached hydrogen (secondary N) is 1. The van der Waals surface area contributed by atoms with Gasteiger partial charge in [0.25, 0.3) is 0 Å². The molecule has 0 aliphatic heterocycles.